The van der Waals surface area contributed by atoms with Crippen LogP contribution in [0.3, 0.4) is 0 Å². The number of thiophene rings is 1. The zero-order valence-corrected chi connectivity index (χ0v) is 19.2. The fraction of sp³-hybridized carbons (Fsp3) is 0.160. The van der Waals surface area contributed by atoms with Gasteiger partial charge in [0.05, 0.1) is 18.7 Å². The summed E-state index contributed by atoms with van der Waals surface area (Å²) in [7, 11) is 0. The molecule has 1 N–H and O–H groups in total. The molecule has 0 spiro atoms. The summed E-state index contributed by atoms with van der Waals surface area (Å²) in [6.45, 7) is 5.07. The number of nitrogens with one attached hydrogen (secondary N) is 1. The fourth-order valence-corrected chi connectivity index (χ4v) is 4.72. The monoisotopic (exact) mass is 457 g/mol. The first-order chi connectivity index (χ1) is 16.0. The van der Waals surface area contributed by atoms with Gasteiger partial charge < -0.3 is 9.88 Å². The minimum absolute atomic E-state index is 0.150. The van der Waals surface area contributed by atoms with Crippen LogP contribution in [0.25, 0.3) is 5.65 Å². The van der Waals surface area contributed by atoms with Crippen molar-refractivity contribution >= 4 is 28.6 Å². The van der Waals surface area contributed by atoms with E-state index in [4.69, 9.17) is 0 Å². The van der Waals surface area contributed by atoms with Gasteiger partial charge in [0.25, 0.3) is 5.91 Å². The summed E-state index contributed by atoms with van der Waals surface area (Å²) in [5, 5.41) is 9.44. The van der Waals surface area contributed by atoms with E-state index in [1.165, 1.54) is 14.0 Å². The Morgan fingerprint density at radius 2 is 1.91 bits per heavy atom. The molecule has 166 valence electrons. The van der Waals surface area contributed by atoms with E-state index in [0.29, 0.717) is 23.4 Å². The molecule has 0 radical (unpaired) electrons. The topological polar surface area (TPSA) is 73.3 Å². The van der Waals surface area contributed by atoms with E-state index >= 15 is 0 Å². The minimum atomic E-state index is -0.196. The summed E-state index contributed by atoms with van der Waals surface area (Å²) in [6, 6.07) is 19.0. The van der Waals surface area contributed by atoms with Crippen molar-refractivity contribution in [3.8, 4) is 0 Å². The highest BCUT2D eigenvalue weighted by Crippen LogP contribution is 2.21. The number of benzene rings is 1. The Balaban J connectivity index is 1.35. The first kappa shape index (κ1) is 21.0. The normalized spacial score (nSPS) is 11.2. The van der Waals surface area contributed by atoms with Gasteiger partial charge in [-0.15, -0.1) is 16.4 Å². The van der Waals surface area contributed by atoms with E-state index in [-0.39, 0.29) is 11.6 Å². The third-order valence-corrected chi connectivity index (χ3v) is 6.58. The van der Waals surface area contributed by atoms with Crippen LogP contribution in [0.4, 0.5) is 5.69 Å². The zero-order valence-electron chi connectivity index (χ0n) is 18.4. The van der Waals surface area contributed by atoms with Crippen LogP contribution < -0.4 is 11.0 Å². The van der Waals surface area contributed by atoms with Crippen molar-refractivity contribution in [3.05, 3.63) is 110 Å². The van der Waals surface area contributed by atoms with E-state index in [0.717, 1.165) is 23.5 Å². The van der Waals surface area contributed by atoms with Crippen molar-refractivity contribution in [1.82, 2.24) is 18.7 Å². The van der Waals surface area contributed by atoms with E-state index < -0.39 is 0 Å². The Morgan fingerprint density at radius 3 is 2.70 bits per heavy atom. The van der Waals surface area contributed by atoms with Gasteiger partial charge in [-0.05, 0) is 61.2 Å². The van der Waals surface area contributed by atoms with E-state index in [1.54, 1.807) is 29.7 Å². The molecule has 4 aromatic heterocycles. The summed E-state index contributed by atoms with van der Waals surface area (Å²) in [4.78, 5) is 26.9. The number of amides is 1. The van der Waals surface area contributed by atoms with Crippen LogP contribution in [0.15, 0.2) is 77.0 Å². The lowest BCUT2D eigenvalue weighted by atomic mass is 10.2. The Hall–Kier alpha value is -3.91. The summed E-state index contributed by atoms with van der Waals surface area (Å²) >= 11 is 1.71. The number of nitrogens with zero attached hydrogens (tertiary/aromatic N) is 4. The lowest BCUT2D eigenvalue weighted by molar-refractivity contribution is 0.102. The molecule has 0 fully saturated rings. The highest BCUT2D eigenvalue weighted by Gasteiger charge is 2.16. The summed E-state index contributed by atoms with van der Waals surface area (Å²) in [5.74, 6) is -0.150. The van der Waals surface area contributed by atoms with Crippen molar-refractivity contribution in [1.29, 1.82) is 0 Å². The summed E-state index contributed by atoms with van der Waals surface area (Å²) < 4.78 is 5.10. The molecular weight excluding hydrogens is 434 g/mol. The number of hydrogen-bond acceptors (Lipinski definition) is 4. The van der Waals surface area contributed by atoms with Gasteiger partial charge in [-0.2, -0.15) is 0 Å². The molecule has 0 saturated carbocycles. The van der Waals surface area contributed by atoms with E-state index in [1.807, 2.05) is 56.3 Å². The third-order valence-electron chi connectivity index (χ3n) is 5.72. The quantitative estimate of drug-likeness (QED) is 0.413. The van der Waals surface area contributed by atoms with Crippen molar-refractivity contribution in [3.63, 3.8) is 0 Å². The smallest absolute Gasteiger partial charge is 0.343 e. The van der Waals surface area contributed by atoms with Crippen LogP contribution >= 0.6 is 11.3 Å². The summed E-state index contributed by atoms with van der Waals surface area (Å²) in [6.07, 6.45) is 1.70. The SMILES string of the molecule is Cc1cc(C(=O)Nc2cccc(Cn3nc4ccccn4c3=O)c2)c(C)n1Cc1cccs1. The van der Waals surface area contributed by atoms with Crippen molar-refractivity contribution in [2.45, 2.75) is 26.9 Å². The molecule has 5 rings (SSSR count). The predicted octanol–water partition coefficient (Wildman–Crippen LogP) is 4.32. The van der Waals surface area contributed by atoms with Crippen LogP contribution in [0.5, 0.6) is 0 Å². The molecule has 7 nitrogen and oxygen atoms in total. The molecule has 0 unspecified atom stereocenters. The van der Waals surface area contributed by atoms with Gasteiger partial charge >= 0.3 is 5.69 Å². The van der Waals surface area contributed by atoms with Crippen LogP contribution in [-0.2, 0) is 13.1 Å². The standard InChI is InChI=1S/C25H23N5O2S/c1-17-13-22(18(2)29(17)16-21-9-6-12-33-21)24(31)26-20-8-5-7-19(14-20)15-30-25(32)28-11-4-3-10-23(28)27-30/h3-14H,15-16H2,1-2H3,(H,26,31). The average Bonchev–Trinajstić information content (AvgIpc) is 3.50. The predicted molar refractivity (Wildman–Crippen MR) is 130 cm³/mol. The number of aromatic nitrogens is 4. The number of carbonyl (C=O) groups is 1. The molecule has 4 heterocycles. The second-order valence-corrected chi connectivity index (χ2v) is 9.01. The average molecular weight is 458 g/mol. The van der Waals surface area contributed by atoms with E-state index in [2.05, 4.69) is 26.4 Å². The molecule has 0 aliphatic heterocycles. The lowest BCUT2D eigenvalue weighted by Crippen LogP contribution is -2.21. The maximum absolute atomic E-state index is 13.1. The van der Waals surface area contributed by atoms with Gasteiger partial charge in [-0.25, -0.2) is 9.48 Å². The van der Waals surface area contributed by atoms with Crippen molar-refractivity contribution in [2.75, 3.05) is 5.32 Å². The molecule has 5 aromatic rings. The second-order valence-electron chi connectivity index (χ2n) is 7.97. The molecule has 1 aromatic carbocycles. The van der Waals surface area contributed by atoms with Crippen molar-refractivity contribution < 1.29 is 4.79 Å². The Labute approximate surface area is 194 Å². The van der Waals surface area contributed by atoms with Crippen LogP contribution in [-0.4, -0.2) is 24.7 Å². The second kappa shape index (κ2) is 8.55. The van der Waals surface area contributed by atoms with Crippen LogP contribution in [0.1, 0.15) is 32.2 Å². The fourth-order valence-electron chi connectivity index (χ4n) is 4.02. The number of rotatable bonds is 6. The molecule has 33 heavy (non-hydrogen) atoms. The lowest BCUT2D eigenvalue weighted by Gasteiger charge is -2.10. The maximum Gasteiger partial charge on any atom is 0.350 e. The number of fused-ring (bicyclic) bond motifs is 1. The molecule has 0 bridgehead atoms. The van der Waals surface area contributed by atoms with Gasteiger partial charge in [-0.1, -0.05) is 24.3 Å². The first-order valence-electron chi connectivity index (χ1n) is 10.6. The minimum Gasteiger partial charge on any atom is -0.343 e. The van der Waals surface area contributed by atoms with Gasteiger partial charge in [0.15, 0.2) is 5.65 Å². The van der Waals surface area contributed by atoms with Gasteiger partial charge in [0.1, 0.15) is 0 Å². The molecular formula is C25H23N5O2S. The van der Waals surface area contributed by atoms with Gasteiger partial charge in [0, 0.05) is 28.1 Å². The number of carbonyl (C=O) groups excluding carboxylic acids is 1. The number of anilines is 1. The Morgan fingerprint density at radius 1 is 1.03 bits per heavy atom. The molecule has 0 saturated heterocycles. The van der Waals surface area contributed by atoms with E-state index in [9.17, 15) is 9.59 Å². The van der Waals surface area contributed by atoms with Gasteiger partial charge in [-0.3, -0.25) is 9.20 Å². The molecule has 1 amide bonds. The zero-order chi connectivity index (χ0) is 22.9. The van der Waals surface area contributed by atoms with Crippen LogP contribution in [0, 0.1) is 13.8 Å². The first-order valence-corrected chi connectivity index (χ1v) is 11.5. The Bertz CT molecular complexity index is 1510. The third kappa shape index (κ3) is 4.12. The summed E-state index contributed by atoms with van der Waals surface area (Å²) in [5.41, 5.74) is 4.60. The maximum atomic E-state index is 13.1. The van der Waals surface area contributed by atoms with Gasteiger partial charge in [0.2, 0.25) is 0 Å². The molecule has 0 aliphatic carbocycles. The number of pyridine rings is 1. The largest absolute Gasteiger partial charge is 0.350 e. The number of aryl methyl sites for hydroxylation is 1. The van der Waals surface area contributed by atoms with Crippen LogP contribution in [0.2, 0.25) is 0 Å². The Kier molecular flexibility index (Phi) is 5.43. The molecule has 0 atom stereocenters. The van der Waals surface area contributed by atoms with Crippen molar-refractivity contribution in [2.24, 2.45) is 0 Å². The highest BCUT2D eigenvalue weighted by atomic mass is 32.1. The molecule has 0 aliphatic rings. The number of hydrogen-bond donors (Lipinski definition) is 1. The highest BCUT2D eigenvalue weighted by molar-refractivity contribution is 7.09. The molecule has 8 heteroatoms.